The maximum atomic E-state index is 12.3. The van der Waals surface area contributed by atoms with Crippen molar-refractivity contribution in [2.24, 2.45) is 4.99 Å². The normalized spacial score (nSPS) is 14.3. The molecule has 9 heteroatoms. The molecular weight excluding hydrogens is 412 g/mol. The van der Waals surface area contributed by atoms with Gasteiger partial charge in [0.2, 0.25) is 5.90 Å². The molecular formula is C21H17ClN2O6. The molecule has 0 unspecified atom stereocenters. The van der Waals surface area contributed by atoms with Crippen LogP contribution in [0.4, 0.5) is 5.69 Å². The topological polar surface area (TPSA) is 100 Å². The average Bonchev–Trinajstić information content (AvgIpc) is 3.08. The van der Waals surface area contributed by atoms with Gasteiger partial charge in [-0.25, -0.2) is 9.79 Å². The van der Waals surface area contributed by atoms with Crippen molar-refractivity contribution in [2.75, 3.05) is 13.2 Å². The molecule has 1 aliphatic rings. The molecule has 0 amide bonds. The zero-order chi connectivity index (χ0) is 21.7. The predicted molar refractivity (Wildman–Crippen MR) is 112 cm³/mol. The number of hydrogen-bond donors (Lipinski definition) is 0. The number of esters is 1. The third-order valence-corrected chi connectivity index (χ3v) is 4.27. The summed E-state index contributed by atoms with van der Waals surface area (Å²) in [6.45, 7) is 6.21. The van der Waals surface area contributed by atoms with Crippen molar-refractivity contribution in [2.45, 2.75) is 6.92 Å². The number of nitro benzene ring substituents is 1. The Morgan fingerprint density at radius 2 is 2.03 bits per heavy atom. The maximum Gasteiger partial charge on any atom is 0.363 e. The van der Waals surface area contributed by atoms with E-state index in [1.165, 1.54) is 24.3 Å². The van der Waals surface area contributed by atoms with E-state index >= 15 is 0 Å². The van der Waals surface area contributed by atoms with Crippen LogP contribution in [0.25, 0.3) is 6.08 Å². The molecule has 0 aliphatic carbocycles. The molecule has 8 nitrogen and oxygen atoms in total. The van der Waals surface area contributed by atoms with Crippen molar-refractivity contribution in [1.82, 2.24) is 0 Å². The van der Waals surface area contributed by atoms with E-state index in [0.29, 0.717) is 30.3 Å². The molecule has 0 saturated heterocycles. The summed E-state index contributed by atoms with van der Waals surface area (Å²) >= 11 is 6.10. The Hall–Kier alpha value is -3.65. The molecule has 1 aliphatic heterocycles. The third-order valence-electron chi connectivity index (χ3n) is 3.94. The summed E-state index contributed by atoms with van der Waals surface area (Å²) in [7, 11) is 0. The first-order valence-corrected chi connectivity index (χ1v) is 9.28. The summed E-state index contributed by atoms with van der Waals surface area (Å²) in [5.41, 5.74) is 0.620. The first kappa shape index (κ1) is 21.1. The standard InChI is InChI=1S/C21H17ClN2O6/c1-3-9-29-18-8-5-13(11-19(18)28-4-2)10-17-21(25)30-20(23-17)15-12-14(24(26)27)6-7-16(15)22/h3,5-8,10-12H,1,4,9H2,2H3/b17-10-. The monoisotopic (exact) mass is 428 g/mol. The number of rotatable bonds is 8. The van der Waals surface area contributed by atoms with Crippen LogP contribution in [0.3, 0.4) is 0 Å². The van der Waals surface area contributed by atoms with Gasteiger partial charge in [0.1, 0.15) is 6.61 Å². The number of cyclic esters (lactones) is 1. The van der Waals surface area contributed by atoms with Crippen molar-refractivity contribution >= 4 is 35.2 Å². The van der Waals surface area contributed by atoms with Gasteiger partial charge in [0.15, 0.2) is 17.2 Å². The second-order valence-electron chi connectivity index (χ2n) is 6.00. The van der Waals surface area contributed by atoms with Gasteiger partial charge in [0.25, 0.3) is 5.69 Å². The Kier molecular flexibility index (Phi) is 6.48. The van der Waals surface area contributed by atoms with Crippen molar-refractivity contribution in [3.63, 3.8) is 0 Å². The number of hydrogen-bond acceptors (Lipinski definition) is 7. The molecule has 0 N–H and O–H groups in total. The lowest BCUT2D eigenvalue weighted by Crippen LogP contribution is -2.06. The van der Waals surface area contributed by atoms with Crippen molar-refractivity contribution in [3.05, 3.63) is 81.0 Å². The van der Waals surface area contributed by atoms with Gasteiger partial charge in [-0.2, -0.15) is 0 Å². The number of nitro groups is 1. The molecule has 2 aromatic rings. The average molecular weight is 429 g/mol. The minimum atomic E-state index is -0.697. The molecule has 0 spiro atoms. The predicted octanol–water partition coefficient (Wildman–Crippen LogP) is 4.56. The van der Waals surface area contributed by atoms with Gasteiger partial charge in [0.05, 0.1) is 22.1 Å². The quantitative estimate of drug-likeness (QED) is 0.201. The largest absolute Gasteiger partial charge is 0.490 e. The van der Waals surface area contributed by atoms with Crippen LogP contribution in [0, 0.1) is 10.1 Å². The molecule has 2 aromatic carbocycles. The Bertz CT molecular complexity index is 1080. The second kappa shape index (κ2) is 9.23. The highest BCUT2D eigenvalue weighted by Gasteiger charge is 2.27. The van der Waals surface area contributed by atoms with Crippen LogP contribution in [0.15, 0.2) is 59.7 Å². The third kappa shape index (κ3) is 4.66. The van der Waals surface area contributed by atoms with Crippen LogP contribution in [0.2, 0.25) is 5.02 Å². The van der Waals surface area contributed by atoms with Crippen LogP contribution < -0.4 is 9.47 Å². The van der Waals surface area contributed by atoms with Gasteiger partial charge in [-0.15, -0.1) is 0 Å². The van der Waals surface area contributed by atoms with Crippen LogP contribution in [0.5, 0.6) is 11.5 Å². The van der Waals surface area contributed by atoms with E-state index in [1.807, 2.05) is 6.92 Å². The number of benzene rings is 2. The molecule has 0 saturated carbocycles. The highest BCUT2D eigenvalue weighted by atomic mass is 35.5. The summed E-state index contributed by atoms with van der Waals surface area (Å²) in [6.07, 6.45) is 3.13. The maximum absolute atomic E-state index is 12.3. The van der Waals surface area contributed by atoms with Crippen LogP contribution in [-0.4, -0.2) is 30.0 Å². The fourth-order valence-corrected chi connectivity index (χ4v) is 2.82. The number of ether oxygens (including phenoxy) is 3. The molecule has 30 heavy (non-hydrogen) atoms. The van der Waals surface area contributed by atoms with Crippen LogP contribution in [0.1, 0.15) is 18.1 Å². The van der Waals surface area contributed by atoms with Crippen LogP contribution >= 0.6 is 11.6 Å². The van der Waals surface area contributed by atoms with E-state index in [9.17, 15) is 14.9 Å². The van der Waals surface area contributed by atoms with E-state index in [2.05, 4.69) is 11.6 Å². The van der Waals surface area contributed by atoms with Crippen molar-refractivity contribution < 1.29 is 23.9 Å². The molecule has 1 heterocycles. The molecule has 154 valence electrons. The number of halogens is 1. The van der Waals surface area contributed by atoms with Gasteiger partial charge < -0.3 is 14.2 Å². The first-order chi connectivity index (χ1) is 14.4. The molecule has 0 bridgehead atoms. The van der Waals surface area contributed by atoms with Crippen LogP contribution in [-0.2, 0) is 9.53 Å². The Morgan fingerprint density at radius 3 is 2.73 bits per heavy atom. The molecule has 3 rings (SSSR count). The highest BCUT2D eigenvalue weighted by molar-refractivity contribution is 6.34. The fraction of sp³-hybridized carbons (Fsp3) is 0.143. The van der Waals surface area contributed by atoms with Gasteiger partial charge >= 0.3 is 5.97 Å². The SMILES string of the molecule is C=CCOc1ccc(/C=C2\N=C(c3cc([N+](=O)[O-])ccc3Cl)OC2=O)cc1OCC. The summed E-state index contributed by atoms with van der Waals surface area (Å²) in [5.74, 6) is 0.250. The number of aliphatic imine (C=N–C) groups is 1. The minimum Gasteiger partial charge on any atom is -0.490 e. The minimum absolute atomic E-state index is 0.0229. The van der Waals surface area contributed by atoms with E-state index in [0.717, 1.165) is 0 Å². The number of carbonyl (C=O) groups is 1. The smallest absolute Gasteiger partial charge is 0.363 e. The summed E-state index contributed by atoms with van der Waals surface area (Å²) in [4.78, 5) is 26.9. The number of non-ortho nitro benzene ring substituents is 1. The Morgan fingerprint density at radius 1 is 1.23 bits per heavy atom. The summed E-state index contributed by atoms with van der Waals surface area (Å²) in [5, 5.41) is 11.2. The van der Waals surface area contributed by atoms with E-state index in [-0.39, 0.29) is 27.9 Å². The molecule has 0 aromatic heterocycles. The Balaban J connectivity index is 1.94. The fourth-order valence-electron chi connectivity index (χ4n) is 2.62. The summed E-state index contributed by atoms with van der Waals surface area (Å²) in [6, 6.07) is 8.96. The van der Waals surface area contributed by atoms with Gasteiger partial charge in [-0.05, 0) is 36.8 Å². The number of carbonyl (C=O) groups excluding carboxylic acids is 1. The molecule has 0 atom stereocenters. The van der Waals surface area contributed by atoms with Gasteiger partial charge in [-0.1, -0.05) is 30.3 Å². The lowest BCUT2D eigenvalue weighted by Gasteiger charge is -2.11. The van der Waals surface area contributed by atoms with Gasteiger partial charge in [0, 0.05) is 12.1 Å². The highest BCUT2D eigenvalue weighted by Crippen LogP contribution is 2.31. The van der Waals surface area contributed by atoms with E-state index in [1.54, 1.807) is 24.3 Å². The van der Waals surface area contributed by atoms with Crippen molar-refractivity contribution in [1.29, 1.82) is 0 Å². The van der Waals surface area contributed by atoms with E-state index in [4.69, 9.17) is 25.8 Å². The zero-order valence-electron chi connectivity index (χ0n) is 16.0. The van der Waals surface area contributed by atoms with Crippen molar-refractivity contribution in [3.8, 4) is 11.5 Å². The zero-order valence-corrected chi connectivity index (χ0v) is 16.7. The summed E-state index contributed by atoms with van der Waals surface area (Å²) < 4.78 is 16.3. The Labute approximate surface area is 177 Å². The number of nitrogens with zero attached hydrogens (tertiary/aromatic N) is 2. The first-order valence-electron chi connectivity index (χ1n) is 8.90. The lowest BCUT2D eigenvalue weighted by molar-refractivity contribution is -0.384. The van der Waals surface area contributed by atoms with Gasteiger partial charge in [-0.3, -0.25) is 10.1 Å². The second-order valence-corrected chi connectivity index (χ2v) is 6.40. The molecule has 0 radical (unpaired) electrons. The molecule has 0 fully saturated rings. The lowest BCUT2D eigenvalue weighted by atomic mass is 10.1. The van der Waals surface area contributed by atoms with E-state index < -0.39 is 10.9 Å².